The van der Waals surface area contributed by atoms with Gasteiger partial charge in [0.25, 0.3) is 11.3 Å². The lowest BCUT2D eigenvalue weighted by Crippen LogP contribution is -2.18. The molecule has 3 aromatic rings. The van der Waals surface area contributed by atoms with E-state index in [4.69, 9.17) is 5.11 Å². The number of carbonyl (C=O) groups is 1. The molecule has 0 aliphatic heterocycles. The van der Waals surface area contributed by atoms with E-state index >= 15 is 0 Å². The maximum absolute atomic E-state index is 11.8. The number of nitrogens with zero attached hydrogens (tertiary/aromatic N) is 1. The molecule has 3 rings (SSSR count). The highest BCUT2D eigenvalue weighted by molar-refractivity contribution is 7.81. The minimum Gasteiger partial charge on any atom is -0.478 e. The smallest absolute Gasteiger partial charge is 0.335 e. The molecule has 0 bridgehead atoms. The summed E-state index contributed by atoms with van der Waals surface area (Å²) >= 11 is -0.770. The van der Waals surface area contributed by atoms with Gasteiger partial charge in [-0.3, -0.25) is 4.55 Å². The number of aromatic carboxylic acids is 1. The first-order chi connectivity index (χ1) is 12.5. The summed E-state index contributed by atoms with van der Waals surface area (Å²) in [5, 5.41) is 11.6. The molecule has 0 radical (unpaired) electrons. The highest BCUT2D eigenvalue weighted by Crippen LogP contribution is 2.31. The number of rotatable bonds is 7. The van der Waals surface area contributed by atoms with Gasteiger partial charge >= 0.3 is 5.97 Å². The van der Waals surface area contributed by atoms with Crippen LogP contribution in [0.15, 0.2) is 66.0 Å². The van der Waals surface area contributed by atoms with Crippen LogP contribution in [0.25, 0.3) is 0 Å². The molecular formula is C19H17NO4S2. The lowest BCUT2D eigenvalue weighted by molar-refractivity contribution is 0.0696. The second-order valence-electron chi connectivity index (χ2n) is 5.65. The molecule has 0 saturated heterocycles. The van der Waals surface area contributed by atoms with Crippen LogP contribution in [0.5, 0.6) is 0 Å². The van der Waals surface area contributed by atoms with Gasteiger partial charge in [-0.25, -0.2) is 13.3 Å². The van der Waals surface area contributed by atoms with E-state index in [0.717, 1.165) is 11.1 Å². The maximum Gasteiger partial charge on any atom is 0.335 e. The van der Waals surface area contributed by atoms with Crippen molar-refractivity contribution in [3.8, 4) is 0 Å². The SMILES string of the molecule is O=C(O)c1cccc(CCc2cccc(N(c3cccs3)S(=O)O)c2)c1. The fourth-order valence-electron chi connectivity index (χ4n) is 2.67. The Morgan fingerprint density at radius 1 is 1.00 bits per heavy atom. The first kappa shape index (κ1) is 18.3. The molecule has 1 atom stereocenters. The van der Waals surface area contributed by atoms with Gasteiger partial charge in [-0.05, 0) is 65.7 Å². The Morgan fingerprint density at radius 3 is 2.31 bits per heavy atom. The van der Waals surface area contributed by atoms with Crippen molar-refractivity contribution in [2.75, 3.05) is 4.31 Å². The third-order valence-electron chi connectivity index (χ3n) is 3.88. The van der Waals surface area contributed by atoms with Crippen molar-refractivity contribution in [1.82, 2.24) is 0 Å². The molecule has 1 unspecified atom stereocenters. The van der Waals surface area contributed by atoms with Crippen molar-refractivity contribution >= 4 is 39.3 Å². The van der Waals surface area contributed by atoms with Gasteiger partial charge in [-0.15, -0.1) is 11.3 Å². The summed E-state index contributed by atoms with van der Waals surface area (Å²) in [6.07, 6.45) is 1.39. The van der Waals surface area contributed by atoms with Gasteiger partial charge in [0.15, 0.2) is 0 Å². The first-order valence-corrected chi connectivity index (χ1v) is 9.85. The molecule has 1 aromatic heterocycles. The van der Waals surface area contributed by atoms with Crippen molar-refractivity contribution in [3.63, 3.8) is 0 Å². The minimum absolute atomic E-state index is 0.274. The quantitative estimate of drug-likeness (QED) is 0.585. The summed E-state index contributed by atoms with van der Waals surface area (Å²) in [5.41, 5.74) is 2.87. The topological polar surface area (TPSA) is 77.8 Å². The van der Waals surface area contributed by atoms with E-state index < -0.39 is 17.2 Å². The Hall–Kier alpha value is -2.48. The van der Waals surface area contributed by atoms with Gasteiger partial charge in [-0.2, -0.15) is 0 Å². The van der Waals surface area contributed by atoms with Gasteiger partial charge in [-0.1, -0.05) is 24.3 Å². The van der Waals surface area contributed by atoms with Gasteiger partial charge in [0.05, 0.1) is 11.3 Å². The highest BCUT2D eigenvalue weighted by atomic mass is 32.2. The van der Waals surface area contributed by atoms with Gasteiger partial charge in [0.2, 0.25) is 0 Å². The number of benzene rings is 2. The van der Waals surface area contributed by atoms with Crippen molar-refractivity contribution in [3.05, 3.63) is 82.7 Å². The molecule has 134 valence electrons. The van der Waals surface area contributed by atoms with E-state index in [1.165, 1.54) is 15.6 Å². The normalized spacial score (nSPS) is 11.9. The molecule has 26 heavy (non-hydrogen) atoms. The van der Waals surface area contributed by atoms with Crippen LogP contribution in [0.1, 0.15) is 21.5 Å². The predicted octanol–water partition coefficient (Wildman–Crippen LogP) is 4.51. The first-order valence-electron chi connectivity index (χ1n) is 7.90. The summed E-state index contributed by atoms with van der Waals surface area (Å²) in [5.74, 6) is -0.939. The Bertz CT molecular complexity index is 925. The van der Waals surface area contributed by atoms with Crippen LogP contribution >= 0.6 is 11.3 Å². The molecule has 2 N–H and O–H groups in total. The van der Waals surface area contributed by atoms with E-state index in [1.807, 2.05) is 35.7 Å². The average Bonchev–Trinajstić information content (AvgIpc) is 3.14. The number of hydrogen-bond acceptors (Lipinski definition) is 3. The van der Waals surface area contributed by atoms with Crippen LogP contribution < -0.4 is 4.31 Å². The molecule has 0 fully saturated rings. The summed E-state index contributed by atoms with van der Waals surface area (Å²) in [7, 11) is 0. The number of carboxylic acids is 1. The fourth-order valence-corrected chi connectivity index (χ4v) is 4.15. The summed E-state index contributed by atoms with van der Waals surface area (Å²) < 4.78 is 22.8. The van der Waals surface area contributed by atoms with Gasteiger partial charge < -0.3 is 5.11 Å². The minimum atomic E-state index is -2.16. The monoisotopic (exact) mass is 387 g/mol. The number of hydrogen-bond donors (Lipinski definition) is 2. The predicted molar refractivity (Wildman–Crippen MR) is 104 cm³/mol. The van der Waals surface area contributed by atoms with Crippen molar-refractivity contribution in [1.29, 1.82) is 0 Å². The summed E-state index contributed by atoms with van der Waals surface area (Å²) in [4.78, 5) is 11.1. The third-order valence-corrected chi connectivity index (χ3v) is 5.57. The summed E-state index contributed by atoms with van der Waals surface area (Å²) in [6.45, 7) is 0. The van der Waals surface area contributed by atoms with Crippen LogP contribution in [0.3, 0.4) is 0 Å². The second-order valence-corrected chi connectivity index (χ2v) is 7.40. The molecule has 0 amide bonds. The van der Waals surface area contributed by atoms with Crippen molar-refractivity contribution < 1.29 is 18.7 Å². The lowest BCUT2D eigenvalue weighted by Gasteiger charge is -2.18. The molecule has 0 saturated carbocycles. The van der Waals surface area contributed by atoms with Crippen molar-refractivity contribution in [2.24, 2.45) is 0 Å². The zero-order chi connectivity index (χ0) is 18.5. The summed E-state index contributed by atoms with van der Waals surface area (Å²) in [6, 6.07) is 18.0. The van der Waals surface area contributed by atoms with Crippen LogP contribution in [0.2, 0.25) is 0 Å². The molecule has 0 aliphatic rings. The van der Waals surface area contributed by atoms with Gasteiger partial charge in [0.1, 0.15) is 5.00 Å². The van der Waals surface area contributed by atoms with Crippen LogP contribution in [-0.2, 0) is 24.1 Å². The lowest BCUT2D eigenvalue weighted by atomic mass is 10.0. The molecule has 0 aliphatic carbocycles. The van der Waals surface area contributed by atoms with E-state index in [9.17, 15) is 13.6 Å². The Kier molecular flexibility index (Phi) is 5.82. The Labute approximate surface area is 158 Å². The molecule has 2 aromatic carbocycles. The van der Waals surface area contributed by atoms with E-state index in [2.05, 4.69) is 0 Å². The van der Waals surface area contributed by atoms with Gasteiger partial charge in [0, 0.05) is 0 Å². The zero-order valence-electron chi connectivity index (χ0n) is 13.7. The van der Waals surface area contributed by atoms with Crippen LogP contribution in [0, 0.1) is 0 Å². The van der Waals surface area contributed by atoms with Crippen LogP contribution in [0.4, 0.5) is 10.7 Å². The van der Waals surface area contributed by atoms with E-state index in [-0.39, 0.29) is 5.56 Å². The molecule has 0 spiro atoms. The molecule has 7 heteroatoms. The maximum atomic E-state index is 11.8. The highest BCUT2D eigenvalue weighted by Gasteiger charge is 2.16. The largest absolute Gasteiger partial charge is 0.478 e. The Balaban J connectivity index is 1.78. The van der Waals surface area contributed by atoms with E-state index in [0.29, 0.717) is 23.5 Å². The second kappa shape index (κ2) is 8.27. The number of carboxylic acid groups (broad SMARTS) is 1. The molecular weight excluding hydrogens is 370 g/mol. The number of thiophene rings is 1. The molecule has 1 heterocycles. The van der Waals surface area contributed by atoms with E-state index in [1.54, 1.807) is 30.3 Å². The van der Waals surface area contributed by atoms with Crippen molar-refractivity contribution in [2.45, 2.75) is 12.8 Å². The molecule has 5 nitrogen and oxygen atoms in total. The Morgan fingerprint density at radius 2 is 1.69 bits per heavy atom. The standard InChI is InChI=1S/C19H17NO4S2/c21-19(22)16-6-1-4-14(12-16)9-10-15-5-2-7-17(13-15)20(26(23)24)18-8-3-11-25-18/h1-8,11-13H,9-10H2,(H,21,22)(H,23,24). The number of aryl methyl sites for hydroxylation is 2. The number of anilines is 2. The third kappa shape index (κ3) is 4.37. The fraction of sp³-hybridized carbons (Fsp3) is 0.105. The average molecular weight is 387 g/mol. The zero-order valence-corrected chi connectivity index (χ0v) is 15.4. The van der Waals surface area contributed by atoms with Crippen LogP contribution in [-0.4, -0.2) is 19.8 Å².